The summed E-state index contributed by atoms with van der Waals surface area (Å²) in [5.74, 6) is 0. The fourth-order valence-corrected chi connectivity index (χ4v) is 1.92. The van der Waals surface area contributed by atoms with Crippen LogP contribution < -0.4 is 5.73 Å². The van der Waals surface area contributed by atoms with Crippen LogP contribution in [0.3, 0.4) is 0 Å². The van der Waals surface area contributed by atoms with Crippen LogP contribution in [0, 0.1) is 3.57 Å². The molecule has 0 aliphatic rings. The highest BCUT2D eigenvalue weighted by Gasteiger charge is 2.31. The van der Waals surface area contributed by atoms with Crippen molar-refractivity contribution in [2.24, 2.45) is 5.73 Å². The molecule has 0 unspecified atom stereocenters. The zero-order valence-electron chi connectivity index (χ0n) is 7.59. The molecule has 0 saturated carbocycles. The van der Waals surface area contributed by atoms with E-state index in [1.165, 1.54) is 0 Å². The molecule has 86 valence electrons. The van der Waals surface area contributed by atoms with E-state index in [0.29, 0.717) is 5.56 Å². The van der Waals surface area contributed by atoms with E-state index in [0.717, 1.165) is 3.57 Å². The van der Waals surface area contributed by atoms with E-state index in [1.54, 1.807) is 24.3 Å². The SMILES string of the molecule is Cl.N[C@@H](CC(F)(F)F)c1ccccc1I. The smallest absolute Gasteiger partial charge is 0.324 e. The van der Waals surface area contributed by atoms with Crippen LogP contribution in [0.5, 0.6) is 0 Å². The first-order valence-corrected chi connectivity index (χ1v) is 5.05. The molecule has 0 aliphatic heterocycles. The van der Waals surface area contributed by atoms with Gasteiger partial charge in [-0.25, -0.2) is 0 Å². The van der Waals surface area contributed by atoms with E-state index in [1.807, 2.05) is 22.6 Å². The van der Waals surface area contributed by atoms with Crippen molar-refractivity contribution in [3.63, 3.8) is 0 Å². The second-order valence-electron chi connectivity index (χ2n) is 2.95. The molecule has 1 aromatic carbocycles. The van der Waals surface area contributed by atoms with Gasteiger partial charge in [-0.2, -0.15) is 13.2 Å². The Bertz CT molecular complexity index is 316. The Morgan fingerprint density at radius 1 is 1.27 bits per heavy atom. The van der Waals surface area contributed by atoms with Gasteiger partial charge in [0.2, 0.25) is 0 Å². The molecule has 15 heavy (non-hydrogen) atoms. The van der Waals surface area contributed by atoms with Gasteiger partial charge in [0.15, 0.2) is 0 Å². The van der Waals surface area contributed by atoms with Crippen LogP contribution in [0.2, 0.25) is 0 Å². The van der Waals surface area contributed by atoms with Crippen LogP contribution in [0.4, 0.5) is 13.2 Å². The van der Waals surface area contributed by atoms with Gasteiger partial charge in [-0.05, 0) is 34.2 Å². The van der Waals surface area contributed by atoms with Crippen molar-refractivity contribution < 1.29 is 13.2 Å². The Balaban J connectivity index is 0.00000196. The molecule has 1 atom stereocenters. The lowest BCUT2D eigenvalue weighted by Gasteiger charge is -2.15. The Kier molecular flexibility index (Phi) is 5.90. The fraction of sp³-hybridized carbons (Fsp3) is 0.333. The van der Waals surface area contributed by atoms with Crippen LogP contribution in [0.15, 0.2) is 24.3 Å². The van der Waals surface area contributed by atoms with Gasteiger partial charge in [0.05, 0.1) is 6.42 Å². The number of rotatable bonds is 2. The van der Waals surface area contributed by atoms with Crippen LogP contribution in [-0.2, 0) is 0 Å². The van der Waals surface area contributed by atoms with Gasteiger partial charge in [0, 0.05) is 9.61 Å². The summed E-state index contributed by atoms with van der Waals surface area (Å²) in [5.41, 5.74) is 6.00. The van der Waals surface area contributed by atoms with Gasteiger partial charge in [-0.1, -0.05) is 18.2 Å². The van der Waals surface area contributed by atoms with Crippen LogP contribution in [-0.4, -0.2) is 6.18 Å². The highest BCUT2D eigenvalue weighted by molar-refractivity contribution is 14.1. The molecule has 0 aliphatic carbocycles. The van der Waals surface area contributed by atoms with Crippen molar-refractivity contribution in [3.05, 3.63) is 33.4 Å². The molecule has 1 rings (SSSR count). The molecule has 0 heterocycles. The maximum absolute atomic E-state index is 12.0. The highest BCUT2D eigenvalue weighted by Crippen LogP contribution is 2.29. The number of hydrogen-bond donors (Lipinski definition) is 1. The standard InChI is InChI=1S/C9H9F3IN.ClH/c10-9(11,12)5-8(14)6-3-1-2-4-7(6)13;/h1-4,8H,5,14H2;1H/t8-;/m0./s1. The van der Waals surface area contributed by atoms with Crippen molar-refractivity contribution in [2.45, 2.75) is 18.6 Å². The van der Waals surface area contributed by atoms with Gasteiger partial charge in [0.25, 0.3) is 0 Å². The van der Waals surface area contributed by atoms with Crippen LogP contribution in [0.25, 0.3) is 0 Å². The predicted octanol–water partition coefficient (Wildman–Crippen LogP) is 3.67. The Morgan fingerprint density at radius 3 is 2.27 bits per heavy atom. The average molecular weight is 352 g/mol. The lowest BCUT2D eigenvalue weighted by Crippen LogP contribution is -2.20. The summed E-state index contributed by atoms with van der Waals surface area (Å²) in [6, 6.07) is 5.85. The number of alkyl halides is 3. The minimum Gasteiger partial charge on any atom is -0.324 e. The summed E-state index contributed by atoms with van der Waals surface area (Å²) in [7, 11) is 0. The molecular weight excluding hydrogens is 341 g/mol. The van der Waals surface area contributed by atoms with Gasteiger partial charge >= 0.3 is 6.18 Å². The number of hydrogen-bond acceptors (Lipinski definition) is 1. The lowest BCUT2D eigenvalue weighted by atomic mass is 10.1. The minimum atomic E-state index is -4.21. The van der Waals surface area contributed by atoms with Crippen molar-refractivity contribution in [3.8, 4) is 0 Å². The quantitative estimate of drug-likeness (QED) is 0.809. The Hall–Kier alpha value is -0.0100. The largest absolute Gasteiger partial charge is 0.390 e. The molecule has 1 nitrogen and oxygen atoms in total. The van der Waals surface area contributed by atoms with Crippen molar-refractivity contribution in [2.75, 3.05) is 0 Å². The second kappa shape index (κ2) is 5.91. The summed E-state index contributed by atoms with van der Waals surface area (Å²) in [5, 5.41) is 0. The van der Waals surface area contributed by atoms with E-state index in [9.17, 15) is 13.2 Å². The van der Waals surface area contributed by atoms with Gasteiger partial charge in [-0.15, -0.1) is 12.4 Å². The second-order valence-corrected chi connectivity index (χ2v) is 4.11. The highest BCUT2D eigenvalue weighted by atomic mass is 127. The number of nitrogens with two attached hydrogens (primary N) is 1. The maximum Gasteiger partial charge on any atom is 0.390 e. The molecule has 0 bridgehead atoms. The average Bonchev–Trinajstić information content (AvgIpc) is 2.01. The first-order valence-electron chi connectivity index (χ1n) is 3.97. The Labute approximate surface area is 106 Å². The first kappa shape index (κ1) is 15.0. The zero-order valence-corrected chi connectivity index (χ0v) is 10.6. The summed E-state index contributed by atoms with van der Waals surface area (Å²) < 4.78 is 36.9. The molecule has 0 spiro atoms. The van der Waals surface area contributed by atoms with E-state index >= 15 is 0 Å². The third-order valence-electron chi connectivity index (χ3n) is 1.76. The van der Waals surface area contributed by atoms with Gasteiger partial charge in [0.1, 0.15) is 0 Å². The zero-order chi connectivity index (χ0) is 10.8. The summed E-state index contributed by atoms with van der Waals surface area (Å²) in [6.07, 6.45) is -5.19. The third kappa shape index (κ3) is 5.03. The molecule has 0 aromatic heterocycles. The molecule has 2 N–H and O–H groups in total. The van der Waals surface area contributed by atoms with E-state index in [2.05, 4.69) is 0 Å². The van der Waals surface area contributed by atoms with Crippen molar-refractivity contribution >= 4 is 35.0 Å². The van der Waals surface area contributed by atoms with Crippen LogP contribution >= 0.6 is 35.0 Å². The van der Waals surface area contributed by atoms with Crippen LogP contribution in [0.1, 0.15) is 18.0 Å². The van der Waals surface area contributed by atoms with Gasteiger partial charge in [-0.3, -0.25) is 0 Å². The number of benzene rings is 1. The molecule has 0 saturated heterocycles. The third-order valence-corrected chi connectivity index (χ3v) is 2.74. The normalized spacial score (nSPS) is 13.1. The number of halogens is 5. The lowest BCUT2D eigenvalue weighted by molar-refractivity contribution is -0.138. The predicted molar refractivity (Wildman–Crippen MR) is 64.0 cm³/mol. The first-order chi connectivity index (χ1) is 6.40. The summed E-state index contributed by atoms with van der Waals surface area (Å²) >= 11 is 1.98. The Morgan fingerprint density at radius 2 is 1.80 bits per heavy atom. The minimum absolute atomic E-state index is 0. The van der Waals surface area contributed by atoms with E-state index in [4.69, 9.17) is 5.73 Å². The van der Waals surface area contributed by atoms with Crippen molar-refractivity contribution in [1.82, 2.24) is 0 Å². The maximum atomic E-state index is 12.0. The summed E-state index contributed by atoms with van der Waals surface area (Å²) in [4.78, 5) is 0. The van der Waals surface area contributed by atoms with E-state index < -0.39 is 18.6 Å². The molecule has 6 heteroatoms. The molecular formula is C9H10ClF3IN. The van der Waals surface area contributed by atoms with Crippen molar-refractivity contribution in [1.29, 1.82) is 0 Å². The van der Waals surface area contributed by atoms with E-state index in [-0.39, 0.29) is 12.4 Å². The molecule has 0 fully saturated rings. The fourth-order valence-electron chi connectivity index (χ4n) is 1.14. The molecule has 1 aromatic rings. The molecule has 0 radical (unpaired) electrons. The monoisotopic (exact) mass is 351 g/mol. The topological polar surface area (TPSA) is 26.0 Å². The summed E-state index contributed by atoms with van der Waals surface area (Å²) in [6.45, 7) is 0. The molecule has 0 amide bonds. The van der Waals surface area contributed by atoms with Gasteiger partial charge < -0.3 is 5.73 Å².